The topological polar surface area (TPSA) is 54.2 Å². The lowest BCUT2D eigenvalue weighted by Gasteiger charge is -2.24. The molecule has 0 radical (unpaired) electrons. The van der Waals surface area contributed by atoms with Crippen LogP contribution in [0.5, 0.6) is 0 Å². The fourth-order valence-electron chi connectivity index (χ4n) is 1.87. The van der Waals surface area contributed by atoms with Crippen LogP contribution in [-0.4, -0.2) is 28.8 Å². The molecule has 1 aromatic rings. The Morgan fingerprint density at radius 3 is 2.53 bits per heavy atom. The fraction of sp³-hybridized carbons (Fsp3) is 0.833. The van der Waals surface area contributed by atoms with Crippen molar-refractivity contribution in [3.63, 3.8) is 0 Å². The van der Waals surface area contributed by atoms with Gasteiger partial charge in [0.15, 0.2) is 0 Å². The van der Waals surface area contributed by atoms with Gasteiger partial charge < -0.3 is 14.6 Å². The molecule has 5 nitrogen and oxygen atoms in total. The zero-order chi connectivity index (χ0) is 12.3. The summed E-state index contributed by atoms with van der Waals surface area (Å²) in [6.07, 6.45) is 3.75. The van der Waals surface area contributed by atoms with Crippen molar-refractivity contribution in [1.29, 1.82) is 0 Å². The molecule has 1 fully saturated rings. The summed E-state index contributed by atoms with van der Waals surface area (Å²) in [5, 5.41) is 11.5. The molecule has 0 saturated carbocycles. The smallest absolute Gasteiger partial charge is 0.318 e. The Morgan fingerprint density at radius 1 is 1.18 bits per heavy atom. The molecule has 2 rings (SSSR count). The minimum absolute atomic E-state index is 0.0692. The predicted molar refractivity (Wildman–Crippen MR) is 67.0 cm³/mol. The maximum atomic E-state index is 5.66. The maximum absolute atomic E-state index is 5.66. The average Bonchev–Trinajstić information content (AvgIpc) is 2.75. The number of nitrogens with one attached hydrogen (secondary N) is 1. The van der Waals surface area contributed by atoms with Gasteiger partial charge in [-0.25, -0.2) is 0 Å². The van der Waals surface area contributed by atoms with E-state index in [1.54, 1.807) is 0 Å². The van der Waals surface area contributed by atoms with Crippen molar-refractivity contribution in [2.75, 3.05) is 18.0 Å². The van der Waals surface area contributed by atoms with E-state index in [1.807, 2.05) is 0 Å². The van der Waals surface area contributed by atoms with E-state index in [-0.39, 0.29) is 5.54 Å². The van der Waals surface area contributed by atoms with Crippen LogP contribution in [0.4, 0.5) is 6.01 Å². The van der Waals surface area contributed by atoms with Gasteiger partial charge in [-0.2, -0.15) is 0 Å². The Bertz CT molecular complexity index is 350. The Kier molecular flexibility index (Phi) is 3.66. The van der Waals surface area contributed by atoms with Crippen molar-refractivity contribution in [3.05, 3.63) is 5.89 Å². The summed E-state index contributed by atoms with van der Waals surface area (Å²) in [5.41, 5.74) is 0.0692. The fourth-order valence-corrected chi connectivity index (χ4v) is 1.87. The highest BCUT2D eigenvalue weighted by molar-refractivity contribution is 5.24. The van der Waals surface area contributed by atoms with Gasteiger partial charge in [-0.15, -0.1) is 5.10 Å². The normalized spacial score (nSPS) is 17.5. The first-order valence-corrected chi connectivity index (χ1v) is 6.37. The molecule has 1 saturated heterocycles. The Labute approximate surface area is 103 Å². The highest BCUT2D eigenvalue weighted by atomic mass is 16.4. The second kappa shape index (κ2) is 5.04. The van der Waals surface area contributed by atoms with E-state index in [4.69, 9.17) is 4.42 Å². The maximum Gasteiger partial charge on any atom is 0.318 e. The van der Waals surface area contributed by atoms with Crippen LogP contribution in [0.25, 0.3) is 0 Å². The van der Waals surface area contributed by atoms with E-state index >= 15 is 0 Å². The molecule has 0 aliphatic carbocycles. The largest absolute Gasteiger partial charge is 0.407 e. The monoisotopic (exact) mass is 238 g/mol. The van der Waals surface area contributed by atoms with Crippen LogP contribution >= 0.6 is 0 Å². The molecule has 5 heteroatoms. The molecule has 96 valence electrons. The van der Waals surface area contributed by atoms with Crippen LogP contribution in [0.3, 0.4) is 0 Å². The number of aromatic nitrogens is 2. The van der Waals surface area contributed by atoms with Crippen molar-refractivity contribution < 1.29 is 4.42 Å². The van der Waals surface area contributed by atoms with Gasteiger partial charge in [0.25, 0.3) is 0 Å². The van der Waals surface area contributed by atoms with Gasteiger partial charge in [0.2, 0.25) is 5.89 Å². The number of anilines is 1. The SMILES string of the molecule is CC(C)(C)NCc1nnc(N2CCCCC2)o1. The quantitative estimate of drug-likeness (QED) is 0.872. The molecule has 0 unspecified atom stereocenters. The molecule has 2 heterocycles. The molecule has 1 N–H and O–H groups in total. The molecule has 1 aliphatic rings. The van der Waals surface area contributed by atoms with E-state index in [0.29, 0.717) is 18.5 Å². The van der Waals surface area contributed by atoms with Crippen LogP contribution in [-0.2, 0) is 6.54 Å². The van der Waals surface area contributed by atoms with E-state index in [1.165, 1.54) is 19.3 Å². The number of nitrogens with zero attached hydrogens (tertiary/aromatic N) is 3. The summed E-state index contributed by atoms with van der Waals surface area (Å²) in [7, 11) is 0. The molecule has 1 aliphatic heterocycles. The molecule has 0 spiro atoms. The Balaban J connectivity index is 1.91. The van der Waals surface area contributed by atoms with Crippen molar-refractivity contribution >= 4 is 6.01 Å². The zero-order valence-corrected chi connectivity index (χ0v) is 11.0. The van der Waals surface area contributed by atoms with Crippen molar-refractivity contribution in [2.24, 2.45) is 0 Å². The summed E-state index contributed by atoms with van der Waals surface area (Å²) < 4.78 is 5.66. The summed E-state index contributed by atoms with van der Waals surface area (Å²) in [6, 6.07) is 0.676. The van der Waals surface area contributed by atoms with Gasteiger partial charge in [0.05, 0.1) is 6.54 Å². The van der Waals surface area contributed by atoms with Gasteiger partial charge in [-0.05, 0) is 40.0 Å². The van der Waals surface area contributed by atoms with Gasteiger partial charge in [-0.1, -0.05) is 5.10 Å². The zero-order valence-electron chi connectivity index (χ0n) is 11.0. The molecule has 0 aromatic carbocycles. The lowest BCUT2D eigenvalue weighted by molar-refractivity contribution is 0.378. The third-order valence-electron chi connectivity index (χ3n) is 2.85. The first kappa shape index (κ1) is 12.4. The second-order valence-corrected chi connectivity index (χ2v) is 5.63. The molecule has 17 heavy (non-hydrogen) atoms. The highest BCUT2D eigenvalue weighted by Crippen LogP contribution is 2.18. The van der Waals surface area contributed by atoms with E-state index in [9.17, 15) is 0 Å². The molecular weight excluding hydrogens is 216 g/mol. The van der Waals surface area contributed by atoms with Gasteiger partial charge >= 0.3 is 6.01 Å². The summed E-state index contributed by atoms with van der Waals surface area (Å²) in [5.74, 6) is 0.667. The minimum Gasteiger partial charge on any atom is -0.407 e. The lowest BCUT2D eigenvalue weighted by Crippen LogP contribution is -2.35. The van der Waals surface area contributed by atoms with Crippen LogP contribution in [0.2, 0.25) is 0 Å². The lowest BCUT2D eigenvalue weighted by atomic mass is 10.1. The molecule has 0 bridgehead atoms. The van der Waals surface area contributed by atoms with Crippen molar-refractivity contribution in [3.8, 4) is 0 Å². The highest BCUT2D eigenvalue weighted by Gasteiger charge is 2.17. The first-order chi connectivity index (χ1) is 8.04. The summed E-state index contributed by atoms with van der Waals surface area (Å²) >= 11 is 0. The minimum atomic E-state index is 0.0692. The van der Waals surface area contributed by atoms with Crippen LogP contribution in [0, 0.1) is 0 Å². The van der Waals surface area contributed by atoms with Gasteiger partial charge in [0, 0.05) is 18.6 Å². The van der Waals surface area contributed by atoms with Crippen LogP contribution in [0.1, 0.15) is 45.9 Å². The predicted octanol–water partition coefficient (Wildman–Crippen LogP) is 1.95. The third-order valence-corrected chi connectivity index (χ3v) is 2.85. The number of piperidine rings is 1. The Morgan fingerprint density at radius 2 is 1.88 bits per heavy atom. The summed E-state index contributed by atoms with van der Waals surface area (Å²) in [4.78, 5) is 2.18. The average molecular weight is 238 g/mol. The number of rotatable bonds is 3. The number of hydrogen-bond acceptors (Lipinski definition) is 5. The third kappa shape index (κ3) is 3.70. The molecule has 0 amide bonds. The van der Waals surface area contributed by atoms with Crippen molar-refractivity contribution in [1.82, 2.24) is 15.5 Å². The standard InChI is InChI=1S/C12H22N4O/c1-12(2,3)13-9-10-14-15-11(17-10)16-7-5-4-6-8-16/h13H,4-9H2,1-3H3. The van der Waals surface area contributed by atoms with E-state index in [0.717, 1.165) is 13.1 Å². The van der Waals surface area contributed by atoms with Crippen molar-refractivity contribution in [2.45, 2.75) is 52.1 Å². The number of hydrogen-bond donors (Lipinski definition) is 1. The molecule has 0 atom stereocenters. The summed E-state index contributed by atoms with van der Waals surface area (Å²) in [6.45, 7) is 9.06. The Hall–Kier alpha value is -1.10. The van der Waals surface area contributed by atoms with E-state index < -0.39 is 0 Å². The molecular formula is C12H22N4O. The second-order valence-electron chi connectivity index (χ2n) is 5.63. The van der Waals surface area contributed by atoms with Gasteiger partial charge in [0.1, 0.15) is 0 Å². The van der Waals surface area contributed by atoms with E-state index in [2.05, 4.69) is 41.2 Å². The van der Waals surface area contributed by atoms with Gasteiger partial charge in [-0.3, -0.25) is 0 Å². The molecule has 1 aromatic heterocycles. The first-order valence-electron chi connectivity index (χ1n) is 6.37. The van der Waals surface area contributed by atoms with Crippen LogP contribution < -0.4 is 10.2 Å². The van der Waals surface area contributed by atoms with Crippen LogP contribution in [0.15, 0.2) is 4.42 Å².